The molecule has 0 saturated carbocycles. The third-order valence-corrected chi connectivity index (χ3v) is 9.46. The molecule has 0 unspecified atom stereocenters. The van der Waals surface area contributed by atoms with Crippen molar-refractivity contribution in [2.24, 2.45) is 0 Å². The SMILES string of the molecule is COc1ccc(S(=O)(=O)N2CCCC2)cc1NC(=O)c1ccc(NS(=O)(=O)c2ccc(C)cc2)c(C)c1. The van der Waals surface area contributed by atoms with Crippen LogP contribution in [0.2, 0.25) is 0 Å². The first-order valence-corrected chi connectivity index (χ1v) is 14.6. The zero-order valence-corrected chi connectivity index (χ0v) is 22.4. The fraction of sp³-hybridized carbons (Fsp3) is 0.269. The molecule has 37 heavy (non-hydrogen) atoms. The van der Waals surface area contributed by atoms with E-state index in [0.29, 0.717) is 30.1 Å². The maximum Gasteiger partial charge on any atom is 0.261 e. The Hall–Kier alpha value is -3.41. The molecule has 11 heteroatoms. The lowest BCUT2D eigenvalue weighted by atomic mass is 10.1. The van der Waals surface area contributed by atoms with Crippen molar-refractivity contribution in [1.82, 2.24) is 4.31 Å². The second kappa shape index (κ2) is 10.5. The fourth-order valence-electron chi connectivity index (χ4n) is 4.06. The highest BCUT2D eigenvalue weighted by Crippen LogP contribution is 2.31. The number of nitrogens with one attached hydrogen (secondary N) is 2. The number of amides is 1. The van der Waals surface area contributed by atoms with Gasteiger partial charge in [-0.2, -0.15) is 4.31 Å². The second-order valence-electron chi connectivity index (χ2n) is 8.88. The van der Waals surface area contributed by atoms with Gasteiger partial charge < -0.3 is 10.1 Å². The van der Waals surface area contributed by atoms with Gasteiger partial charge in [0.25, 0.3) is 15.9 Å². The molecule has 1 fully saturated rings. The normalized spacial score (nSPS) is 14.4. The molecular weight excluding hydrogens is 514 g/mol. The van der Waals surface area contributed by atoms with E-state index in [9.17, 15) is 21.6 Å². The molecule has 0 bridgehead atoms. The minimum Gasteiger partial charge on any atom is -0.495 e. The van der Waals surface area contributed by atoms with Crippen LogP contribution in [0.5, 0.6) is 5.75 Å². The number of anilines is 2. The van der Waals surface area contributed by atoms with E-state index in [2.05, 4.69) is 10.0 Å². The lowest BCUT2D eigenvalue weighted by molar-refractivity contribution is 0.102. The molecule has 0 radical (unpaired) electrons. The van der Waals surface area contributed by atoms with Crippen LogP contribution in [-0.2, 0) is 20.0 Å². The number of benzene rings is 3. The number of methoxy groups -OCH3 is 1. The molecule has 0 aromatic heterocycles. The average molecular weight is 544 g/mol. The Labute approximate surface area is 217 Å². The fourth-order valence-corrected chi connectivity index (χ4v) is 6.73. The molecule has 9 nitrogen and oxygen atoms in total. The molecule has 3 aromatic rings. The second-order valence-corrected chi connectivity index (χ2v) is 12.5. The van der Waals surface area contributed by atoms with E-state index in [0.717, 1.165) is 18.4 Å². The average Bonchev–Trinajstić information content (AvgIpc) is 3.41. The molecule has 0 spiro atoms. The Kier molecular flexibility index (Phi) is 7.58. The highest BCUT2D eigenvalue weighted by Gasteiger charge is 2.28. The molecule has 1 aliphatic rings. The lowest BCUT2D eigenvalue weighted by Gasteiger charge is -2.18. The summed E-state index contributed by atoms with van der Waals surface area (Å²) < 4.78 is 60.8. The summed E-state index contributed by atoms with van der Waals surface area (Å²) in [4.78, 5) is 13.2. The lowest BCUT2D eigenvalue weighted by Crippen LogP contribution is -2.28. The van der Waals surface area contributed by atoms with Crippen LogP contribution in [0, 0.1) is 13.8 Å². The topological polar surface area (TPSA) is 122 Å². The summed E-state index contributed by atoms with van der Waals surface area (Å²) in [7, 11) is -6.05. The Morgan fingerprint density at radius 1 is 0.838 bits per heavy atom. The number of carbonyl (C=O) groups is 1. The predicted molar refractivity (Wildman–Crippen MR) is 142 cm³/mol. The first kappa shape index (κ1) is 26.6. The quantitative estimate of drug-likeness (QED) is 0.440. The number of rotatable bonds is 8. The van der Waals surface area contributed by atoms with Crippen molar-refractivity contribution in [3.05, 3.63) is 77.4 Å². The first-order valence-electron chi connectivity index (χ1n) is 11.7. The van der Waals surface area contributed by atoms with E-state index < -0.39 is 26.0 Å². The molecule has 0 atom stereocenters. The largest absolute Gasteiger partial charge is 0.495 e. The van der Waals surface area contributed by atoms with Gasteiger partial charge in [0.05, 0.1) is 28.3 Å². The number of hydrogen-bond donors (Lipinski definition) is 2. The Morgan fingerprint density at radius 2 is 1.49 bits per heavy atom. The summed E-state index contributed by atoms with van der Waals surface area (Å²) in [6, 6.07) is 15.4. The molecule has 2 N–H and O–H groups in total. The zero-order valence-electron chi connectivity index (χ0n) is 20.8. The van der Waals surface area contributed by atoms with Crippen LogP contribution >= 0.6 is 0 Å². The number of ether oxygens (including phenoxy) is 1. The van der Waals surface area contributed by atoms with Gasteiger partial charge in [-0.15, -0.1) is 0 Å². The van der Waals surface area contributed by atoms with Crippen molar-refractivity contribution < 1.29 is 26.4 Å². The summed E-state index contributed by atoms with van der Waals surface area (Å²) in [5.74, 6) is -0.182. The van der Waals surface area contributed by atoms with Crippen molar-refractivity contribution in [2.75, 3.05) is 30.2 Å². The molecule has 0 aliphatic carbocycles. The van der Waals surface area contributed by atoms with Gasteiger partial charge >= 0.3 is 0 Å². The Balaban J connectivity index is 1.55. The van der Waals surface area contributed by atoms with Gasteiger partial charge in [0, 0.05) is 18.7 Å². The predicted octanol–water partition coefficient (Wildman–Crippen LogP) is 4.15. The van der Waals surface area contributed by atoms with E-state index in [1.165, 1.54) is 53.9 Å². The van der Waals surface area contributed by atoms with E-state index >= 15 is 0 Å². The van der Waals surface area contributed by atoms with Crippen molar-refractivity contribution in [3.63, 3.8) is 0 Å². The number of aryl methyl sites for hydroxylation is 2. The van der Waals surface area contributed by atoms with Crippen molar-refractivity contribution >= 4 is 37.3 Å². The summed E-state index contributed by atoms with van der Waals surface area (Å²) in [5.41, 5.74) is 2.32. The van der Waals surface area contributed by atoms with Gasteiger partial charge in [-0.05, 0) is 80.8 Å². The third-order valence-electron chi connectivity index (χ3n) is 6.19. The Morgan fingerprint density at radius 3 is 2.11 bits per heavy atom. The van der Waals surface area contributed by atoms with E-state index in [1.54, 1.807) is 25.1 Å². The molecule has 196 valence electrons. The van der Waals surface area contributed by atoms with Crippen LogP contribution in [-0.4, -0.2) is 47.2 Å². The summed E-state index contributed by atoms with van der Waals surface area (Å²) in [6.07, 6.45) is 1.63. The molecule has 1 heterocycles. The maximum atomic E-state index is 13.0. The van der Waals surface area contributed by atoms with Gasteiger partial charge in [0.2, 0.25) is 10.0 Å². The summed E-state index contributed by atoms with van der Waals surface area (Å²) in [5, 5.41) is 2.72. The van der Waals surface area contributed by atoms with E-state index in [1.807, 2.05) is 6.92 Å². The number of nitrogens with zero attached hydrogens (tertiary/aromatic N) is 1. The maximum absolute atomic E-state index is 13.0. The van der Waals surface area contributed by atoms with Crippen LogP contribution in [0.1, 0.15) is 34.3 Å². The summed E-state index contributed by atoms with van der Waals surface area (Å²) in [6.45, 7) is 4.49. The van der Waals surface area contributed by atoms with Gasteiger partial charge in [-0.1, -0.05) is 17.7 Å². The zero-order chi connectivity index (χ0) is 26.8. The van der Waals surface area contributed by atoms with Crippen LogP contribution in [0.15, 0.2) is 70.5 Å². The number of carbonyl (C=O) groups excluding carboxylic acids is 1. The standard InChI is InChI=1S/C26H29N3O6S2/c1-18-6-9-21(10-7-18)36(31,32)28-23-12-8-20(16-19(23)2)26(30)27-24-17-22(11-13-25(24)35-3)37(33,34)29-14-4-5-15-29/h6-13,16-17,28H,4-5,14-15H2,1-3H3,(H,27,30). The van der Waals surface area contributed by atoms with Crippen molar-refractivity contribution in [2.45, 2.75) is 36.5 Å². The number of hydrogen-bond acceptors (Lipinski definition) is 6. The third kappa shape index (κ3) is 5.79. The van der Waals surface area contributed by atoms with Gasteiger partial charge in [-0.25, -0.2) is 16.8 Å². The monoisotopic (exact) mass is 543 g/mol. The van der Waals surface area contributed by atoms with Crippen LogP contribution in [0.4, 0.5) is 11.4 Å². The molecule has 4 rings (SSSR count). The molecule has 1 saturated heterocycles. The molecule has 1 aliphatic heterocycles. The van der Waals surface area contributed by atoms with E-state index in [-0.39, 0.29) is 21.0 Å². The molecule has 3 aromatic carbocycles. The Bertz CT molecular complexity index is 1530. The smallest absolute Gasteiger partial charge is 0.261 e. The highest BCUT2D eigenvalue weighted by atomic mass is 32.2. The minimum atomic E-state index is -3.80. The van der Waals surface area contributed by atoms with Crippen molar-refractivity contribution in [3.8, 4) is 5.75 Å². The van der Waals surface area contributed by atoms with Crippen LogP contribution in [0.3, 0.4) is 0 Å². The molecular formula is C26H29N3O6S2. The first-order chi connectivity index (χ1) is 17.5. The van der Waals surface area contributed by atoms with Gasteiger partial charge in [-0.3, -0.25) is 9.52 Å². The highest BCUT2D eigenvalue weighted by molar-refractivity contribution is 7.92. The summed E-state index contributed by atoms with van der Waals surface area (Å²) >= 11 is 0. The van der Waals surface area contributed by atoms with Gasteiger partial charge in [0.15, 0.2) is 0 Å². The van der Waals surface area contributed by atoms with E-state index in [4.69, 9.17) is 4.74 Å². The van der Waals surface area contributed by atoms with Crippen LogP contribution in [0.25, 0.3) is 0 Å². The van der Waals surface area contributed by atoms with Crippen molar-refractivity contribution in [1.29, 1.82) is 0 Å². The van der Waals surface area contributed by atoms with Crippen LogP contribution < -0.4 is 14.8 Å². The number of sulfonamides is 2. The minimum absolute atomic E-state index is 0.0718. The van der Waals surface area contributed by atoms with Gasteiger partial charge in [0.1, 0.15) is 5.75 Å². The molecule has 1 amide bonds.